The van der Waals surface area contributed by atoms with Crippen LogP contribution < -0.4 is 0 Å². The topological polar surface area (TPSA) is 49.4 Å². The second kappa shape index (κ2) is 69.2. The van der Waals surface area contributed by atoms with Crippen LogP contribution in [0.3, 0.4) is 0 Å². The molecular weight excluding hydrogens is 1040 g/mol. The Kier molecular flexibility index (Phi) is 65.7. The van der Waals surface area contributed by atoms with Gasteiger partial charge >= 0.3 is 5.97 Å². The summed E-state index contributed by atoms with van der Waals surface area (Å²) in [7, 11) is 0. The second-order valence-electron chi connectivity index (χ2n) is 24.8. The highest BCUT2D eigenvalue weighted by atomic mass is 16.9. The number of hydrogen-bond acceptors (Lipinski definition) is 6. The minimum atomic E-state index is -1.23. The molecule has 6 nitrogen and oxygen atoms in total. The van der Waals surface area contributed by atoms with Crippen LogP contribution in [0.15, 0.2) is 97.2 Å². The maximum atomic E-state index is 7.12. The smallest absolute Gasteiger partial charge is 0.312 e. The van der Waals surface area contributed by atoms with Crippen molar-refractivity contribution in [3.63, 3.8) is 0 Å². The van der Waals surface area contributed by atoms with Crippen molar-refractivity contribution in [3.8, 4) is 0 Å². The van der Waals surface area contributed by atoms with E-state index in [1.54, 1.807) is 0 Å². The third-order valence-electron chi connectivity index (χ3n) is 16.5. The van der Waals surface area contributed by atoms with Crippen LogP contribution in [-0.2, 0) is 23.7 Å². The van der Waals surface area contributed by atoms with Crippen molar-refractivity contribution in [3.05, 3.63) is 97.2 Å². The summed E-state index contributed by atoms with van der Waals surface area (Å²) in [4.78, 5) is 2.50. The van der Waals surface area contributed by atoms with Crippen LogP contribution in [0, 0.1) is 0 Å². The average Bonchev–Trinajstić information content (AvgIpc) is 3.71. The summed E-state index contributed by atoms with van der Waals surface area (Å²) >= 11 is 0. The van der Waals surface area contributed by atoms with E-state index in [4.69, 9.17) is 23.7 Å². The Hall–Kier alpha value is -2.32. The molecule has 0 aromatic carbocycles. The number of allylic oxidation sites excluding steroid dienone is 16. The molecule has 0 bridgehead atoms. The zero-order valence-electron chi connectivity index (χ0n) is 57.1. The highest BCUT2D eigenvalue weighted by Gasteiger charge is 2.45. The predicted octanol–water partition coefficient (Wildman–Crippen LogP) is 24.7. The molecule has 0 aliphatic carbocycles. The van der Waals surface area contributed by atoms with E-state index in [1.807, 2.05) is 0 Å². The van der Waals surface area contributed by atoms with Crippen molar-refractivity contribution in [1.82, 2.24) is 4.90 Å². The minimum Gasteiger partial charge on any atom is -0.379 e. The Bertz CT molecular complexity index is 1430. The zero-order chi connectivity index (χ0) is 60.8. The van der Waals surface area contributed by atoms with Crippen molar-refractivity contribution < 1.29 is 23.7 Å². The molecular formula is C79H143NO5. The van der Waals surface area contributed by atoms with Crippen LogP contribution in [0.4, 0.5) is 0 Å². The summed E-state index contributed by atoms with van der Waals surface area (Å²) in [5.74, 6) is -1.23. The van der Waals surface area contributed by atoms with Gasteiger partial charge in [-0.1, -0.05) is 279 Å². The summed E-state index contributed by atoms with van der Waals surface area (Å²) in [5, 5.41) is 0. The molecule has 1 aliphatic heterocycles. The van der Waals surface area contributed by atoms with E-state index in [2.05, 4.69) is 130 Å². The Labute approximate surface area is 530 Å². The summed E-state index contributed by atoms with van der Waals surface area (Å²) in [6, 6.07) is 0. The van der Waals surface area contributed by atoms with Gasteiger partial charge in [0.05, 0.1) is 33.0 Å². The fraction of sp³-hybridized carbons (Fsp3) is 0.797. The van der Waals surface area contributed by atoms with E-state index in [9.17, 15) is 0 Å². The number of nitrogens with zero attached hydrogens (tertiary/aromatic N) is 1. The van der Waals surface area contributed by atoms with Crippen molar-refractivity contribution in [2.45, 2.75) is 348 Å². The molecule has 1 fully saturated rings. The first-order valence-electron chi connectivity index (χ1n) is 37.3. The first kappa shape index (κ1) is 80.7. The van der Waals surface area contributed by atoms with Crippen LogP contribution in [0.1, 0.15) is 336 Å². The Morgan fingerprint density at radius 2 is 0.529 bits per heavy atom. The quantitative estimate of drug-likeness (QED) is 0.0344. The molecule has 1 rings (SSSR count). The largest absolute Gasteiger partial charge is 0.379 e. The highest BCUT2D eigenvalue weighted by molar-refractivity contribution is 4.95. The lowest BCUT2D eigenvalue weighted by atomic mass is 10.1. The molecule has 1 atom stereocenters. The molecule has 1 heterocycles. The fourth-order valence-corrected chi connectivity index (χ4v) is 10.9. The maximum absolute atomic E-state index is 7.12. The monoisotopic (exact) mass is 1190 g/mol. The lowest BCUT2D eigenvalue weighted by Crippen LogP contribution is -2.57. The van der Waals surface area contributed by atoms with Crippen LogP contribution in [0.2, 0.25) is 0 Å². The first-order valence-corrected chi connectivity index (χ1v) is 37.3. The van der Waals surface area contributed by atoms with E-state index in [0.29, 0.717) is 26.4 Å². The van der Waals surface area contributed by atoms with Crippen LogP contribution in [-0.4, -0.2) is 76.3 Å². The van der Waals surface area contributed by atoms with E-state index in [0.717, 1.165) is 103 Å². The summed E-state index contributed by atoms with van der Waals surface area (Å²) in [6.45, 7) is 15.7. The Balaban J connectivity index is 3.01. The van der Waals surface area contributed by atoms with Crippen LogP contribution in [0.5, 0.6) is 0 Å². The summed E-state index contributed by atoms with van der Waals surface area (Å²) < 4.78 is 34.3. The highest BCUT2D eigenvalue weighted by Crippen LogP contribution is 2.28. The zero-order valence-corrected chi connectivity index (χ0v) is 57.1. The van der Waals surface area contributed by atoms with Gasteiger partial charge in [0.2, 0.25) is 0 Å². The third kappa shape index (κ3) is 57.8. The van der Waals surface area contributed by atoms with Crippen molar-refractivity contribution in [1.29, 1.82) is 0 Å². The molecule has 0 amide bonds. The number of ether oxygens (including phenoxy) is 5. The number of morpholine rings is 1. The SMILES string of the molecule is CCCCC/C=C\C/C=C\CCCCCCCCOC(CN1CCOCC1)C(OCCCCCCCC/C=C\C/C=C\CCCCC)(OCCCCCCCC/C=C\C/C=C\CCCCC)OCCCCCCCC/C=C\C/C=C\CCCCC. The molecule has 85 heavy (non-hydrogen) atoms. The van der Waals surface area contributed by atoms with Gasteiger partial charge in [-0.15, -0.1) is 0 Å². The normalized spacial score (nSPS) is 14.4. The molecule has 1 saturated heterocycles. The summed E-state index contributed by atoms with van der Waals surface area (Å²) in [6.07, 6.45) is 96.3. The van der Waals surface area contributed by atoms with Gasteiger partial charge < -0.3 is 23.7 Å². The molecule has 0 aromatic rings. The second-order valence-corrected chi connectivity index (χ2v) is 24.8. The number of hydrogen-bond donors (Lipinski definition) is 0. The van der Waals surface area contributed by atoms with E-state index >= 15 is 0 Å². The van der Waals surface area contributed by atoms with Crippen molar-refractivity contribution >= 4 is 0 Å². The van der Waals surface area contributed by atoms with Gasteiger partial charge in [0.15, 0.2) is 6.10 Å². The Morgan fingerprint density at radius 1 is 0.294 bits per heavy atom. The predicted molar refractivity (Wildman–Crippen MR) is 375 cm³/mol. The van der Waals surface area contributed by atoms with E-state index in [-0.39, 0.29) is 6.10 Å². The third-order valence-corrected chi connectivity index (χ3v) is 16.5. The van der Waals surface area contributed by atoms with Gasteiger partial charge in [-0.2, -0.15) is 0 Å². The van der Waals surface area contributed by atoms with Gasteiger partial charge in [-0.05, 0) is 154 Å². The maximum Gasteiger partial charge on any atom is 0.312 e. The van der Waals surface area contributed by atoms with Crippen molar-refractivity contribution in [2.75, 3.05) is 59.3 Å². The average molecular weight is 1190 g/mol. The molecule has 0 N–H and O–H groups in total. The van der Waals surface area contributed by atoms with Crippen LogP contribution in [0.25, 0.3) is 0 Å². The van der Waals surface area contributed by atoms with Gasteiger partial charge in [-0.3, -0.25) is 4.90 Å². The molecule has 0 aromatic heterocycles. The molecule has 0 spiro atoms. The molecule has 1 aliphatic rings. The fourth-order valence-electron chi connectivity index (χ4n) is 10.9. The molecule has 6 heteroatoms. The molecule has 494 valence electrons. The van der Waals surface area contributed by atoms with Gasteiger partial charge in [0.1, 0.15) is 0 Å². The van der Waals surface area contributed by atoms with Gasteiger partial charge in [0.25, 0.3) is 0 Å². The van der Waals surface area contributed by atoms with Crippen molar-refractivity contribution in [2.24, 2.45) is 0 Å². The van der Waals surface area contributed by atoms with Gasteiger partial charge in [0, 0.05) is 26.2 Å². The standard InChI is InChI=1S/C79H143NO5/c1-5-9-13-17-21-25-29-33-37-41-45-49-53-57-61-65-71-82-78(77-80-69-75-81-76-70-80)79(83-72-66-62-58-54-50-46-42-38-34-30-26-22-18-14-10-6-2,84-73-67-63-59-55-51-47-43-39-35-31-27-23-19-15-11-7-3)85-74-68-64-60-56-52-48-44-40-36-32-28-24-20-16-12-8-4/h21-28,33-40,78H,5-20,29-32,41-77H2,1-4H3/b25-21-,26-22-,27-23-,28-24-,37-33-,38-34-,39-35-,40-36-. The Morgan fingerprint density at radius 3 is 0.800 bits per heavy atom. The molecule has 1 unspecified atom stereocenters. The lowest BCUT2D eigenvalue weighted by Gasteiger charge is -2.42. The minimum absolute atomic E-state index is 0.345. The lowest BCUT2D eigenvalue weighted by molar-refractivity contribution is -0.419. The van der Waals surface area contributed by atoms with E-state index < -0.39 is 5.97 Å². The van der Waals surface area contributed by atoms with E-state index in [1.165, 1.54) is 238 Å². The molecule has 0 radical (unpaired) electrons. The molecule has 0 saturated carbocycles. The first-order chi connectivity index (χ1) is 42.2. The number of rotatable bonds is 67. The van der Waals surface area contributed by atoms with Crippen LogP contribution >= 0.6 is 0 Å². The van der Waals surface area contributed by atoms with Gasteiger partial charge in [-0.25, -0.2) is 0 Å². The summed E-state index contributed by atoms with van der Waals surface area (Å²) in [5.41, 5.74) is 0. The number of unbranched alkanes of at least 4 members (excludes halogenated alkanes) is 36.